The Balaban J connectivity index is 0.00000261. The van der Waals surface area contributed by atoms with E-state index in [1.807, 2.05) is 47.3 Å². The number of rotatable bonds is 8. The van der Waals surface area contributed by atoms with Crippen LogP contribution < -0.4 is 10.6 Å². The molecular formula is C19H24IN3O2S2. The van der Waals surface area contributed by atoms with Crippen molar-refractivity contribution in [1.29, 1.82) is 0 Å². The average Bonchev–Trinajstić information content (AvgIpc) is 3.40. The van der Waals surface area contributed by atoms with Crippen LogP contribution in [0.25, 0.3) is 0 Å². The molecule has 146 valence electrons. The second-order valence-corrected chi connectivity index (χ2v) is 7.95. The van der Waals surface area contributed by atoms with Crippen LogP contribution in [0.2, 0.25) is 0 Å². The minimum absolute atomic E-state index is 0. The fourth-order valence-corrected chi connectivity index (χ4v) is 3.83. The van der Waals surface area contributed by atoms with Gasteiger partial charge in [0.1, 0.15) is 11.4 Å². The van der Waals surface area contributed by atoms with E-state index in [0.29, 0.717) is 25.6 Å². The van der Waals surface area contributed by atoms with Crippen molar-refractivity contribution >= 4 is 52.6 Å². The van der Waals surface area contributed by atoms with Gasteiger partial charge in [0, 0.05) is 17.8 Å². The van der Waals surface area contributed by atoms with Crippen LogP contribution >= 0.6 is 46.7 Å². The molecule has 3 rings (SSSR count). The molecular weight excluding hydrogens is 493 g/mol. The number of nitrogens with one attached hydrogen (secondary N) is 2. The van der Waals surface area contributed by atoms with E-state index in [1.165, 1.54) is 4.88 Å². The normalized spacial score (nSPS) is 13.6. The number of aliphatic hydroxyl groups is 1. The maximum atomic E-state index is 10.7. The number of nitrogens with zero attached hydrogens (tertiary/aromatic N) is 1. The molecule has 0 aromatic carbocycles. The van der Waals surface area contributed by atoms with Gasteiger partial charge >= 0.3 is 0 Å². The van der Waals surface area contributed by atoms with E-state index in [2.05, 4.69) is 21.7 Å². The van der Waals surface area contributed by atoms with Gasteiger partial charge in [-0.2, -0.15) is 11.3 Å². The number of aliphatic imine (C=N–C) groups is 1. The first kappa shape index (κ1) is 21.9. The molecule has 1 atom stereocenters. The molecule has 0 aliphatic rings. The fourth-order valence-electron chi connectivity index (χ4n) is 2.42. The highest BCUT2D eigenvalue weighted by molar-refractivity contribution is 14.0. The van der Waals surface area contributed by atoms with Gasteiger partial charge in [-0.1, -0.05) is 6.07 Å². The molecule has 8 heteroatoms. The monoisotopic (exact) mass is 517 g/mol. The lowest BCUT2D eigenvalue weighted by molar-refractivity contribution is 0.0621. The summed E-state index contributed by atoms with van der Waals surface area (Å²) in [6, 6.07) is 9.87. The summed E-state index contributed by atoms with van der Waals surface area (Å²) >= 11 is 3.26. The van der Waals surface area contributed by atoms with Gasteiger partial charge in [0.25, 0.3) is 0 Å². The predicted molar refractivity (Wildman–Crippen MR) is 123 cm³/mol. The van der Waals surface area contributed by atoms with Crippen LogP contribution in [0.5, 0.6) is 0 Å². The summed E-state index contributed by atoms with van der Waals surface area (Å²) in [6.45, 7) is 3.49. The van der Waals surface area contributed by atoms with Crippen molar-refractivity contribution < 1.29 is 9.52 Å². The summed E-state index contributed by atoms with van der Waals surface area (Å²) in [5, 5.41) is 23.3. The van der Waals surface area contributed by atoms with Crippen LogP contribution in [0.4, 0.5) is 0 Å². The molecule has 0 amide bonds. The van der Waals surface area contributed by atoms with Crippen molar-refractivity contribution in [2.45, 2.75) is 25.5 Å². The largest absolute Gasteiger partial charge is 0.469 e. The number of hydrogen-bond acceptors (Lipinski definition) is 5. The highest BCUT2D eigenvalue weighted by Gasteiger charge is 2.23. The molecule has 0 radical (unpaired) electrons. The highest BCUT2D eigenvalue weighted by Crippen LogP contribution is 2.22. The predicted octanol–water partition coefficient (Wildman–Crippen LogP) is 4.21. The lowest BCUT2D eigenvalue weighted by Gasteiger charge is -2.24. The Kier molecular flexibility index (Phi) is 8.81. The number of thiophene rings is 2. The van der Waals surface area contributed by atoms with Crippen LogP contribution in [0, 0.1) is 0 Å². The van der Waals surface area contributed by atoms with Crippen LogP contribution in [-0.2, 0) is 18.6 Å². The van der Waals surface area contributed by atoms with E-state index in [-0.39, 0.29) is 24.0 Å². The second kappa shape index (κ2) is 10.8. The summed E-state index contributed by atoms with van der Waals surface area (Å²) in [7, 11) is 0. The first-order valence-corrected chi connectivity index (χ1v) is 10.3. The van der Waals surface area contributed by atoms with Gasteiger partial charge in [-0.15, -0.1) is 35.3 Å². The highest BCUT2D eigenvalue weighted by atomic mass is 127. The van der Waals surface area contributed by atoms with Crippen LogP contribution in [0.15, 0.2) is 62.1 Å². The molecule has 3 N–H and O–H groups in total. The molecule has 3 aromatic rings. The van der Waals surface area contributed by atoms with Gasteiger partial charge in [0.2, 0.25) is 0 Å². The zero-order chi connectivity index (χ0) is 18.2. The lowest BCUT2D eigenvalue weighted by atomic mass is 9.99. The molecule has 1 unspecified atom stereocenters. The van der Waals surface area contributed by atoms with E-state index < -0.39 is 5.60 Å². The van der Waals surface area contributed by atoms with Crippen molar-refractivity contribution in [2.24, 2.45) is 4.99 Å². The molecule has 0 saturated heterocycles. The Bertz CT molecular complexity index is 785. The number of furan rings is 1. The summed E-state index contributed by atoms with van der Waals surface area (Å²) < 4.78 is 5.36. The van der Waals surface area contributed by atoms with E-state index in [4.69, 9.17) is 4.42 Å². The van der Waals surface area contributed by atoms with Gasteiger partial charge in [-0.25, -0.2) is 4.99 Å². The molecule has 0 aliphatic carbocycles. The zero-order valence-corrected chi connectivity index (χ0v) is 19.0. The third-order valence-electron chi connectivity index (χ3n) is 3.96. The van der Waals surface area contributed by atoms with Gasteiger partial charge in [0.15, 0.2) is 5.96 Å². The summed E-state index contributed by atoms with van der Waals surface area (Å²) in [5.41, 5.74) is -0.0463. The van der Waals surface area contributed by atoms with Gasteiger partial charge in [-0.3, -0.25) is 0 Å². The van der Waals surface area contributed by atoms with Crippen LogP contribution in [0.1, 0.15) is 23.1 Å². The molecule has 27 heavy (non-hydrogen) atoms. The molecule has 0 fully saturated rings. The summed E-state index contributed by atoms with van der Waals surface area (Å²) in [4.78, 5) is 5.83. The number of halogens is 1. The van der Waals surface area contributed by atoms with Gasteiger partial charge in [-0.05, 0) is 52.9 Å². The molecule has 3 aromatic heterocycles. The van der Waals surface area contributed by atoms with Crippen molar-refractivity contribution in [3.8, 4) is 0 Å². The van der Waals surface area contributed by atoms with E-state index in [1.54, 1.807) is 28.9 Å². The minimum Gasteiger partial charge on any atom is -0.469 e. The standard InChI is InChI=1S/C19H23N3O2S2.HI/c1-19(23,15-7-11-25-13-15)14-22-18(21-12-17-5-3-10-26-17)20-8-6-16-4-2-9-24-16;/h2-5,7,9-11,13,23H,6,8,12,14H2,1H3,(H2,20,21,22);1H. The topological polar surface area (TPSA) is 69.8 Å². The smallest absolute Gasteiger partial charge is 0.191 e. The summed E-state index contributed by atoms with van der Waals surface area (Å²) in [6.07, 6.45) is 2.45. The Hall–Kier alpha value is -1.36. The van der Waals surface area contributed by atoms with Gasteiger partial charge < -0.3 is 20.2 Å². The maximum absolute atomic E-state index is 10.7. The van der Waals surface area contributed by atoms with Crippen molar-refractivity contribution in [3.05, 3.63) is 68.9 Å². The van der Waals surface area contributed by atoms with Crippen LogP contribution in [0.3, 0.4) is 0 Å². The zero-order valence-electron chi connectivity index (χ0n) is 15.1. The average molecular weight is 517 g/mol. The Morgan fingerprint density at radius 3 is 2.78 bits per heavy atom. The lowest BCUT2D eigenvalue weighted by Crippen LogP contribution is -2.45. The second-order valence-electron chi connectivity index (χ2n) is 6.14. The fraction of sp³-hybridized carbons (Fsp3) is 0.316. The SMILES string of the molecule is CC(O)(CNC(=NCc1cccs1)NCCc1ccco1)c1ccsc1.I. The third-order valence-corrected chi connectivity index (χ3v) is 5.50. The van der Waals surface area contributed by atoms with E-state index in [9.17, 15) is 5.11 Å². The molecule has 5 nitrogen and oxygen atoms in total. The van der Waals surface area contributed by atoms with Crippen LogP contribution in [-0.4, -0.2) is 24.2 Å². The summed E-state index contributed by atoms with van der Waals surface area (Å²) in [5.74, 6) is 1.61. The number of guanidine groups is 1. The van der Waals surface area contributed by atoms with Crippen molar-refractivity contribution in [3.63, 3.8) is 0 Å². The minimum atomic E-state index is -0.952. The molecule has 0 saturated carbocycles. The van der Waals surface area contributed by atoms with Crippen molar-refractivity contribution in [1.82, 2.24) is 10.6 Å². The number of hydrogen-bond donors (Lipinski definition) is 3. The first-order chi connectivity index (χ1) is 12.6. The molecule has 0 spiro atoms. The van der Waals surface area contributed by atoms with Crippen molar-refractivity contribution in [2.75, 3.05) is 13.1 Å². The first-order valence-electron chi connectivity index (χ1n) is 8.45. The maximum Gasteiger partial charge on any atom is 0.191 e. The molecule has 3 heterocycles. The Morgan fingerprint density at radius 2 is 2.11 bits per heavy atom. The van der Waals surface area contributed by atoms with Gasteiger partial charge in [0.05, 0.1) is 19.4 Å². The Labute approximate surface area is 184 Å². The quantitative estimate of drug-likeness (QED) is 0.238. The molecule has 0 aliphatic heterocycles. The molecule has 0 bridgehead atoms. The van der Waals surface area contributed by atoms with E-state index in [0.717, 1.165) is 17.7 Å². The third kappa shape index (κ3) is 6.95. The van der Waals surface area contributed by atoms with E-state index >= 15 is 0 Å². The Morgan fingerprint density at radius 1 is 1.22 bits per heavy atom.